The molecule has 0 aliphatic rings. The number of carboxylic acids is 1. The van der Waals surface area contributed by atoms with E-state index >= 15 is 0 Å². The van der Waals surface area contributed by atoms with Gasteiger partial charge in [0.15, 0.2) is 0 Å². The molecular weight excluding hydrogens is 197 g/mol. The van der Waals surface area contributed by atoms with E-state index in [0.717, 1.165) is 0 Å². The standard InChI is InChI=1S/C11H8FNO2/c12-9-4-2-1-3-8(9)10-5-7(6-13-10)11(14)15/h1-6,13H,(H,14,15). The summed E-state index contributed by atoms with van der Waals surface area (Å²) in [5.74, 6) is -1.41. The Morgan fingerprint density at radius 3 is 2.67 bits per heavy atom. The molecule has 1 aromatic heterocycles. The Bertz CT molecular complexity index is 505. The second-order valence-electron chi connectivity index (χ2n) is 3.09. The van der Waals surface area contributed by atoms with Crippen molar-refractivity contribution in [1.29, 1.82) is 0 Å². The molecule has 0 saturated carbocycles. The molecule has 0 amide bonds. The van der Waals surface area contributed by atoms with E-state index in [9.17, 15) is 9.18 Å². The normalized spacial score (nSPS) is 10.2. The quantitative estimate of drug-likeness (QED) is 0.791. The molecule has 1 aromatic carbocycles. The largest absolute Gasteiger partial charge is 0.478 e. The lowest BCUT2D eigenvalue weighted by atomic mass is 10.1. The zero-order valence-corrected chi connectivity index (χ0v) is 7.70. The summed E-state index contributed by atoms with van der Waals surface area (Å²) in [6.45, 7) is 0. The maximum Gasteiger partial charge on any atom is 0.337 e. The van der Waals surface area contributed by atoms with Gasteiger partial charge in [-0.25, -0.2) is 9.18 Å². The SMILES string of the molecule is O=C(O)c1c[nH]c(-c2ccccc2F)c1. The fraction of sp³-hybridized carbons (Fsp3) is 0. The van der Waals surface area contributed by atoms with Crippen molar-refractivity contribution in [1.82, 2.24) is 4.98 Å². The zero-order valence-electron chi connectivity index (χ0n) is 7.70. The molecule has 0 bridgehead atoms. The maximum atomic E-state index is 13.3. The molecule has 0 unspecified atom stereocenters. The van der Waals surface area contributed by atoms with Crippen LogP contribution in [0.15, 0.2) is 36.5 Å². The number of benzene rings is 1. The first-order chi connectivity index (χ1) is 7.18. The summed E-state index contributed by atoms with van der Waals surface area (Å²) in [6, 6.07) is 7.60. The molecule has 0 fully saturated rings. The summed E-state index contributed by atoms with van der Waals surface area (Å²) in [7, 11) is 0. The highest BCUT2D eigenvalue weighted by Crippen LogP contribution is 2.21. The minimum atomic E-state index is -1.03. The molecule has 0 spiro atoms. The van der Waals surface area contributed by atoms with Crippen molar-refractivity contribution in [3.05, 3.63) is 47.9 Å². The molecule has 0 aliphatic heterocycles. The molecule has 15 heavy (non-hydrogen) atoms. The predicted octanol–water partition coefficient (Wildman–Crippen LogP) is 2.52. The first-order valence-electron chi connectivity index (χ1n) is 4.35. The van der Waals surface area contributed by atoms with Gasteiger partial charge in [-0.2, -0.15) is 0 Å². The van der Waals surface area contributed by atoms with Crippen LogP contribution in [0, 0.1) is 5.82 Å². The molecule has 3 nitrogen and oxygen atoms in total. The van der Waals surface area contributed by atoms with Gasteiger partial charge in [-0.05, 0) is 18.2 Å². The van der Waals surface area contributed by atoms with Crippen LogP contribution in [-0.4, -0.2) is 16.1 Å². The third-order valence-corrected chi connectivity index (χ3v) is 2.09. The first-order valence-corrected chi connectivity index (χ1v) is 4.35. The number of rotatable bonds is 2. The average molecular weight is 205 g/mol. The second kappa shape index (κ2) is 3.57. The lowest BCUT2D eigenvalue weighted by Crippen LogP contribution is -1.91. The van der Waals surface area contributed by atoms with E-state index in [4.69, 9.17) is 5.11 Å². The highest BCUT2D eigenvalue weighted by atomic mass is 19.1. The van der Waals surface area contributed by atoms with Crippen LogP contribution in [0.3, 0.4) is 0 Å². The zero-order chi connectivity index (χ0) is 10.8. The van der Waals surface area contributed by atoms with E-state index in [1.54, 1.807) is 18.2 Å². The Labute approximate surface area is 85.2 Å². The number of halogens is 1. The van der Waals surface area contributed by atoms with E-state index in [1.165, 1.54) is 18.3 Å². The van der Waals surface area contributed by atoms with Crippen LogP contribution >= 0.6 is 0 Å². The fourth-order valence-electron chi connectivity index (χ4n) is 1.35. The van der Waals surface area contributed by atoms with Crippen LogP contribution in [-0.2, 0) is 0 Å². The number of aromatic amines is 1. The summed E-state index contributed by atoms with van der Waals surface area (Å²) in [5, 5.41) is 8.70. The van der Waals surface area contributed by atoms with Crippen LogP contribution in [0.1, 0.15) is 10.4 Å². The van der Waals surface area contributed by atoms with Gasteiger partial charge in [0.2, 0.25) is 0 Å². The molecule has 0 saturated heterocycles. The highest BCUT2D eigenvalue weighted by Gasteiger charge is 2.09. The van der Waals surface area contributed by atoms with Crippen molar-refractivity contribution in [2.24, 2.45) is 0 Å². The average Bonchev–Trinajstić information content (AvgIpc) is 2.67. The van der Waals surface area contributed by atoms with E-state index in [0.29, 0.717) is 11.3 Å². The number of carboxylic acid groups (broad SMARTS) is 1. The second-order valence-corrected chi connectivity index (χ2v) is 3.09. The summed E-state index contributed by atoms with van der Waals surface area (Å²) < 4.78 is 13.3. The Hall–Kier alpha value is -2.10. The highest BCUT2D eigenvalue weighted by molar-refractivity contribution is 5.89. The van der Waals surface area contributed by atoms with Crippen molar-refractivity contribution in [2.75, 3.05) is 0 Å². The van der Waals surface area contributed by atoms with Crippen LogP contribution < -0.4 is 0 Å². The van der Waals surface area contributed by atoms with Gasteiger partial charge in [0.05, 0.1) is 5.56 Å². The monoisotopic (exact) mass is 205 g/mol. The predicted molar refractivity (Wildman–Crippen MR) is 53.1 cm³/mol. The summed E-state index contributed by atoms with van der Waals surface area (Å²) in [4.78, 5) is 13.3. The van der Waals surface area contributed by atoms with Gasteiger partial charge in [0, 0.05) is 17.5 Å². The van der Waals surface area contributed by atoms with Crippen molar-refractivity contribution >= 4 is 5.97 Å². The molecule has 2 N–H and O–H groups in total. The number of hydrogen-bond acceptors (Lipinski definition) is 1. The molecule has 76 valence electrons. The summed E-state index contributed by atoms with van der Waals surface area (Å²) in [5.41, 5.74) is 0.948. The third-order valence-electron chi connectivity index (χ3n) is 2.09. The first kappa shape index (κ1) is 9.45. The lowest BCUT2D eigenvalue weighted by molar-refractivity contribution is 0.0697. The Balaban J connectivity index is 2.46. The molecular formula is C11H8FNO2. The Morgan fingerprint density at radius 1 is 1.33 bits per heavy atom. The minimum Gasteiger partial charge on any atom is -0.478 e. The molecule has 2 rings (SSSR count). The molecule has 4 heteroatoms. The molecule has 0 radical (unpaired) electrons. The topological polar surface area (TPSA) is 53.1 Å². The Kier molecular flexibility index (Phi) is 2.25. The van der Waals surface area contributed by atoms with E-state index in [2.05, 4.69) is 4.98 Å². The minimum absolute atomic E-state index is 0.119. The van der Waals surface area contributed by atoms with E-state index < -0.39 is 5.97 Å². The van der Waals surface area contributed by atoms with Gasteiger partial charge in [-0.1, -0.05) is 12.1 Å². The number of hydrogen-bond donors (Lipinski definition) is 2. The molecule has 0 aliphatic carbocycles. The lowest BCUT2D eigenvalue weighted by Gasteiger charge is -1.98. The molecule has 1 heterocycles. The number of H-pyrrole nitrogens is 1. The van der Waals surface area contributed by atoms with Gasteiger partial charge in [-0.15, -0.1) is 0 Å². The number of carbonyl (C=O) groups is 1. The van der Waals surface area contributed by atoms with Crippen molar-refractivity contribution in [3.8, 4) is 11.3 Å². The van der Waals surface area contributed by atoms with Gasteiger partial charge in [0.1, 0.15) is 5.82 Å². The van der Waals surface area contributed by atoms with E-state index in [-0.39, 0.29) is 11.4 Å². The van der Waals surface area contributed by atoms with Gasteiger partial charge in [0.25, 0.3) is 0 Å². The summed E-state index contributed by atoms with van der Waals surface area (Å²) in [6.07, 6.45) is 1.34. The van der Waals surface area contributed by atoms with Crippen LogP contribution in [0.25, 0.3) is 11.3 Å². The van der Waals surface area contributed by atoms with Gasteiger partial charge in [-0.3, -0.25) is 0 Å². The molecule has 0 atom stereocenters. The Morgan fingerprint density at radius 2 is 2.07 bits per heavy atom. The van der Waals surface area contributed by atoms with Gasteiger partial charge >= 0.3 is 5.97 Å². The van der Waals surface area contributed by atoms with Crippen molar-refractivity contribution in [2.45, 2.75) is 0 Å². The van der Waals surface area contributed by atoms with Crippen LogP contribution in [0.5, 0.6) is 0 Å². The van der Waals surface area contributed by atoms with Crippen LogP contribution in [0.4, 0.5) is 4.39 Å². The molecule has 2 aromatic rings. The van der Waals surface area contributed by atoms with Crippen molar-refractivity contribution < 1.29 is 14.3 Å². The van der Waals surface area contributed by atoms with Crippen molar-refractivity contribution in [3.63, 3.8) is 0 Å². The van der Waals surface area contributed by atoms with E-state index in [1.807, 2.05) is 0 Å². The van der Waals surface area contributed by atoms with Gasteiger partial charge < -0.3 is 10.1 Å². The van der Waals surface area contributed by atoms with Crippen LogP contribution in [0.2, 0.25) is 0 Å². The smallest absolute Gasteiger partial charge is 0.337 e. The number of aromatic nitrogens is 1. The number of nitrogens with one attached hydrogen (secondary N) is 1. The maximum absolute atomic E-state index is 13.3. The number of aromatic carboxylic acids is 1. The third kappa shape index (κ3) is 1.74. The fourth-order valence-corrected chi connectivity index (χ4v) is 1.35. The summed E-state index contributed by atoms with van der Waals surface area (Å²) >= 11 is 0.